The van der Waals surface area contributed by atoms with Crippen molar-refractivity contribution >= 4 is 39.7 Å². The second-order valence-electron chi connectivity index (χ2n) is 4.34. The van der Waals surface area contributed by atoms with E-state index in [1.807, 2.05) is 24.3 Å². The van der Waals surface area contributed by atoms with Crippen LogP contribution in [0.2, 0.25) is 0 Å². The van der Waals surface area contributed by atoms with Gasteiger partial charge < -0.3 is 5.73 Å². The molecule has 0 saturated heterocycles. The molecule has 4 N–H and O–H groups in total. The molecule has 0 bridgehead atoms. The van der Waals surface area contributed by atoms with Gasteiger partial charge in [-0.25, -0.2) is 5.84 Å². The molecule has 0 fully saturated rings. The maximum atomic E-state index is 6.17. The lowest BCUT2D eigenvalue weighted by atomic mass is 9.99. The van der Waals surface area contributed by atoms with Crippen molar-refractivity contribution in [2.75, 3.05) is 5.01 Å². The SMILES string of the molecule is NC(=S)C1C=Cc2ccc3ccccc3c2N1N. The molecule has 1 aliphatic rings. The summed E-state index contributed by atoms with van der Waals surface area (Å²) in [4.78, 5) is 0.382. The molecule has 4 heteroatoms. The summed E-state index contributed by atoms with van der Waals surface area (Å²) >= 11 is 5.05. The summed E-state index contributed by atoms with van der Waals surface area (Å²) in [6.07, 6.45) is 3.95. The summed E-state index contributed by atoms with van der Waals surface area (Å²) in [5.41, 5.74) is 7.78. The molecule has 18 heavy (non-hydrogen) atoms. The molecule has 3 rings (SSSR count). The third-order valence-corrected chi connectivity index (χ3v) is 3.48. The van der Waals surface area contributed by atoms with Crippen LogP contribution in [0.1, 0.15) is 5.56 Å². The van der Waals surface area contributed by atoms with Gasteiger partial charge in [-0.3, -0.25) is 5.01 Å². The Kier molecular flexibility index (Phi) is 2.54. The zero-order valence-corrected chi connectivity index (χ0v) is 10.5. The Morgan fingerprint density at radius 3 is 2.72 bits per heavy atom. The standard InChI is InChI=1S/C14H13N3S/c15-14(18)12-8-7-10-6-5-9-3-1-2-4-11(9)13(10)17(12)16/h1-8,12H,16H2,(H2,15,18). The van der Waals surface area contributed by atoms with Crippen molar-refractivity contribution in [3.63, 3.8) is 0 Å². The first-order valence-corrected chi connectivity index (χ1v) is 6.12. The van der Waals surface area contributed by atoms with E-state index >= 15 is 0 Å². The smallest absolute Gasteiger partial charge is 0.113 e. The summed E-state index contributed by atoms with van der Waals surface area (Å²) in [6.45, 7) is 0. The van der Waals surface area contributed by atoms with Gasteiger partial charge in [0.15, 0.2) is 0 Å². The van der Waals surface area contributed by atoms with Crippen molar-refractivity contribution in [1.82, 2.24) is 0 Å². The number of anilines is 1. The van der Waals surface area contributed by atoms with Gasteiger partial charge in [0.2, 0.25) is 0 Å². The zero-order valence-electron chi connectivity index (χ0n) is 9.71. The molecule has 2 aromatic rings. The normalized spacial score (nSPS) is 17.8. The third kappa shape index (κ3) is 1.58. The van der Waals surface area contributed by atoms with Crippen molar-refractivity contribution in [1.29, 1.82) is 0 Å². The van der Waals surface area contributed by atoms with Crippen molar-refractivity contribution in [2.45, 2.75) is 6.04 Å². The van der Waals surface area contributed by atoms with E-state index in [0.29, 0.717) is 4.99 Å². The van der Waals surface area contributed by atoms with E-state index < -0.39 is 0 Å². The fourth-order valence-electron chi connectivity index (χ4n) is 2.35. The van der Waals surface area contributed by atoms with Gasteiger partial charge in [-0.1, -0.05) is 60.8 Å². The molecule has 1 aliphatic heterocycles. The van der Waals surface area contributed by atoms with Gasteiger partial charge >= 0.3 is 0 Å². The monoisotopic (exact) mass is 255 g/mol. The van der Waals surface area contributed by atoms with Crippen molar-refractivity contribution < 1.29 is 0 Å². The molecule has 0 aromatic heterocycles. The summed E-state index contributed by atoms with van der Waals surface area (Å²) in [6, 6.07) is 12.1. The van der Waals surface area contributed by atoms with Gasteiger partial charge in [0.05, 0.1) is 5.69 Å². The third-order valence-electron chi connectivity index (χ3n) is 3.24. The van der Waals surface area contributed by atoms with Crippen LogP contribution in [0.4, 0.5) is 5.69 Å². The number of rotatable bonds is 1. The summed E-state index contributed by atoms with van der Waals surface area (Å²) in [5, 5.41) is 3.92. The van der Waals surface area contributed by atoms with E-state index in [2.05, 4.69) is 24.3 Å². The average molecular weight is 255 g/mol. The molecule has 3 nitrogen and oxygen atoms in total. The molecule has 2 aromatic carbocycles. The molecule has 0 spiro atoms. The minimum atomic E-state index is -0.224. The van der Waals surface area contributed by atoms with Crippen molar-refractivity contribution in [3.05, 3.63) is 48.0 Å². The van der Waals surface area contributed by atoms with E-state index in [9.17, 15) is 0 Å². The number of nitrogens with zero attached hydrogens (tertiary/aromatic N) is 1. The molecule has 0 saturated carbocycles. The minimum absolute atomic E-state index is 0.224. The predicted molar refractivity (Wildman–Crippen MR) is 80.2 cm³/mol. The lowest BCUT2D eigenvalue weighted by molar-refractivity contribution is 0.858. The number of thiocarbonyl (C=S) groups is 1. The lowest BCUT2D eigenvalue weighted by Crippen LogP contribution is -2.48. The number of fused-ring (bicyclic) bond motifs is 3. The van der Waals surface area contributed by atoms with Crippen LogP contribution in [-0.2, 0) is 0 Å². The van der Waals surface area contributed by atoms with Gasteiger partial charge in [0, 0.05) is 5.39 Å². The van der Waals surface area contributed by atoms with Crippen LogP contribution < -0.4 is 16.6 Å². The van der Waals surface area contributed by atoms with E-state index in [1.54, 1.807) is 5.01 Å². The molecule has 0 aliphatic carbocycles. The summed E-state index contributed by atoms with van der Waals surface area (Å²) < 4.78 is 0. The highest BCUT2D eigenvalue weighted by Crippen LogP contribution is 2.34. The van der Waals surface area contributed by atoms with Crippen LogP contribution in [0.3, 0.4) is 0 Å². The topological polar surface area (TPSA) is 55.3 Å². The molecule has 0 radical (unpaired) electrons. The molecular weight excluding hydrogens is 242 g/mol. The molecule has 1 heterocycles. The highest BCUT2D eigenvalue weighted by atomic mass is 32.1. The number of nitrogens with two attached hydrogens (primary N) is 2. The first-order chi connectivity index (χ1) is 8.68. The van der Waals surface area contributed by atoms with E-state index in [-0.39, 0.29) is 6.04 Å². The Morgan fingerprint density at radius 1 is 1.17 bits per heavy atom. The summed E-state index contributed by atoms with van der Waals surface area (Å²) in [7, 11) is 0. The predicted octanol–water partition coefficient (Wildman–Crippen LogP) is 2.20. The van der Waals surface area contributed by atoms with Gasteiger partial charge in [0.25, 0.3) is 0 Å². The Labute approximate surface area is 111 Å². The number of benzene rings is 2. The van der Waals surface area contributed by atoms with Crippen LogP contribution >= 0.6 is 12.2 Å². The fourth-order valence-corrected chi connectivity index (χ4v) is 2.55. The van der Waals surface area contributed by atoms with Gasteiger partial charge in [0.1, 0.15) is 11.0 Å². The largest absolute Gasteiger partial charge is 0.391 e. The van der Waals surface area contributed by atoms with Gasteiger partial charge in [-0.05, 0) is 10.9 Å². The number of hydrogen-bond acceptors (Lipinski definition) is 3. The molecule has 90 valence electrons. The molecule has 1 unspecified atom stereocenters. The number of hydrogen-bond donors (Lipinski definition) is 2. The Hall–Kier alpha value is -1.91. The average Bonchev–Trinajstić information content (AvgIpc) is 2.38. The van der Waals surface area contributed by atoms with Crippen LogP contribution in [0.25, 0.3) is 16.8 Å². The zero-order chi connectivity index (χ0) is 12.7. The highest BCUT2D eigenvalue weighted by molar-refractivity contribution is 7.80. The second-order valence-corrected chi connectivity index (χ2v) is 4.81. The van der Waals surface area contributed by atoms with E-state index in [4.69, 9.17) is 23.8 Å². The summed E-state index contributed by atoms with van der Waals surface area (Å²) in [5.74, 6) is 6.17. The van der Waals surface area contributed by atoms with Crippen molar-refractivity contribution in [3.8, 4) is 0 Å². The lowest BCUT2D eigenvalue weighted by Gasteiger charge is -2.31. The Balaban J connectivity index is 2.28. The maximum Gasteiger partial charge on any atom is 0.113 e. The first-order valence-electron chi connectivity index (χ1n) is 5.71. The van der Waals surface area contributed by atoms with E-state index in [0.717, 1.165) is 22.0 Å². The molecule has 0 amide bonds. The van der Waals surface area contributed by atoms with Crippen LogP contribution in [-0.4, -0.2) is 11.0 Å². The first kappa shape index (κ1) is 11.2. The van der Waals surface area contributed by atoms with Crippen LogP contribution in [0, 0.1) is 0 Å². The minimum Gasteiger partial charge on any atom is -0.391 e. The van der Waals surface area contributed by atoms with Gasteiger partial charge in [-0.2, -0.15) is 0 Å². The number of hydrazine groups is 1. The second kappa shape index (κ2) is 4.08. The van der Waals surface area contributed by atoms with Crippen LogP contribution in [0.5, 0.6) is 0 Å². The van der Waals surface area contributed by atoms with E-state index in [1.165, 1.54) is 0 Å². The fraction of sp³-hybridized carbons (Fsp3) is 0.0714. The molecule has 1 atom stereocenters. The van der Waals surface area contributed by atoms with Crippen LogP contribution in [0.15, 0.2) is 42.5 Å². The molecular formula is C14H13N3S. The quantitative estimate of drug-likeness (QED) is 0.606. The van der Waals surface area contributed by atoms with Gasteiger partial charge in [-0.15, -0.1) is 0 Å². The Bertz CT molecular complexity index is 663. The maximum absolute atomic E-state index is 6.17. The van der Waals surface area contributed by atoms with Crippen molar-refractivity contribution in [2.24, 2.45) is 11.6 Å². The Morgan fingerprint density at radius 2 is 1.94 bits per heavy atom. The highest BCUT2D eigenvalue weighted by Gasteiger charge is 2.23.